The van der Waals surface area contributed by atoms with Crippen LogP contribution in [0.1, 0.15) is 38.2 Å². The molecule has 0 spiro atoms. The third kappa shape index (κ3) is 3.72. The van der Waals surface area contributed by atoms with Crippen molar-refractivity contribution in [1.82, 2.24) is 0 Å². The first kappa shape index (κ1) is 13.9. The van der Waals surface area contributed by atoms with E-state index in [0.29, 0.717) is 0 Å². The number of esters is 1. The summed E-state index contributed by atoms with van der Waals surface area (Å²) in [7, 11) is 1.46. The molecule has 1 fully saturated rings. The minimum absolute atomic E-state index is 0.0623. The number of aryl methyl sites for hydroxylation is 1. The molecule has 3 heteroatoms. The predicted molar refractivity (Wildman–Crippen MR) is 74.2 cm³/mol. The fourth-order valence-corrected chi connectivity index (χ4v) is 2.58. The van der Waals surface area contributed by atoms with Crippen LogP contribution < -0.4 is 4.74 Å². The molecule has 0 unspecified atom stereocenters. The molecule has 0 heterocycles. The van der Waals surface area contributed by atoms with Gasteiger partial charge < -0.3 is 9.47 Å². The Hall–Kier alpha value is -1.51. The molecule has 19 heavy (non-hydrogen) atoms. The molecular weight excluding hydrogens is 240 g/mol. The van der Waals surface area contributed by atoms with Crippen molar-refractivity contribution < 1.29 is 14.3 Å². The van der Waals surface area contributed by atoms with Crippen molar-refractivity contribution in [2.24, 2.45) is 5.92 Å². The van der Waals surface area contributed by atoms with Crippen LogP contribution in [0.2, 0.25) is 0 Å². The topological polar surface area (TPSA) is 35.5 Å². The van der Waals surface area contributed by atoms with Gasteiger partial charge in [0.2, 0.25) is 0 Å². The Kier molecular flexibility index (Phi) is 4.83. The number of hydrogen-bond donors (Lipinski definition) is 0. The van der Waals surface area contributed by atoms with Crippen LogP contribution in [0.15, 0.2) is 24.3 Å². The van der Waals surface area contributed by atoms with E-state index in [-0.39, 0.29) is 18.0 Å². The predicted octanol–water partition coefficient (Wildman–Crippen LogP) is 3.36. The van der Waals surface area contributed by atoms with E-state index < -0.39 is 0 Å². The van der Waals surface area contributed by atoms with Crippen LogP contribution in [0.5, 0.6) is 5.75 Å². The summed E-state index contributed by atoms with van der Waals surface area (Å²) in [5.41, 5.74) is 1.32. The summed E-state index contributed by atoms with van der Waals surface area (Å²) in [6, 6.07) is 8.28. The Balaban J connectivity index is 1.83. The Bertz CT molecular complexity index is 403. The average Bonchev–Trinajstić information content (AvgIpc) is 2.48. The maximum absolute atomic E-state index is 11.4. The first-order chi connectivity index (χ1) is 9.22. The van der Waals surface area contributed by atoms with Gasteiger partial charge in [0.25, 0.3) is 0 Å². The van der Waals surface area contributed by atoms with E-state index in [1.54, 1.807) is 0 Å². The summed E-state index contributed by atoms with van der Waals surface area (Å²) in [5.74, 6) is 0.914. The van der Waals surface area contributed by atoms with Crippen LogP contribution in [-0.2, 0) is 16.0 Å². The van der Waals surface area contributed by atoms with Gasteiger partial charge in [-0.3, -0.25) is 4.79 Å². The summed E-state index contributed by atoms with van der Waals surface area (Å²) in [6.07, 6.45) is 4.86. The number of carbonyl (C=O) groups is 1. The van der Waals surface area contributed by atoms with Gasteiger partial charge in [-0.25, -0.2) is 0 Å². The zero-order valence-corrected chi connectivity index (χ0v) is 11.7. The van der Waals surface area contributed by atoms with Crippen LogP contribution >= 0.6 is 0 Å². The van der Waals surface area contributed by atoms with Gasteiger partial charge in [0.1, 0.15) is 5.75 Å². The molecule has 0 bridgehead atoms. The highest BCUT2D eigenvalue weighted by atomic mass is 16.5. The van der Waals surface area contributed by atoms with Gasteiger partial charge in [0.15, 0.2) is 0 Å². The van der Waals surface area contributed by atoms with E-state index in [0.717, 1.165) is 37.9 Å². The number of rotatable bonds is 4. The van der Waals surface area contributed by atoms with Gasteiger partial charge in [-0.15, -0.1) is 0 Å². The molecule has 0 amide bonds. The second-order valence-corrected chi connectivity index (χ2v) is 5.11. The van der Waals surface area contributed by atoms with Crippen LogP contribution in [-0.4, -0.2) is 19.2 Å². The fourth-order valence-electron chi connectivity index (χ4n) is 2.58. The lowest BCUT2D eigenvalue weighted by Crippen LogP contribution is -2.28. The molecule has 2 rings (SSSR count). The van der Waals surface area contributed by atoms with Crippen molar-refractivity contribution in [2.45, 2.75) is 45.1 Å². The standard InChI is InChI=1S/C16H22O3/c1-3-12-4-8-14(9-5-12)19-15-10-6-13(7-11-15)16(17)18-2/h4-5,8-9,13,15H,3,6-7,10-11H2,1-2H3. The summed E-state index contributed by atoms with van der Waals surface area (Å²) >= 11 is 0. The van der Waals surface area contributed by atoms with E-state index in [1.807, 2.05) is 12.1 Å². The van der Waals surface area contributed by atoms with Gasteiger partial charge in [-0.1, -0.05) is 19.1 Å². The Morgan fingerprint density at radius 1 is 1.16 bits per heavy atom. The number of carbonyl (C=O) groups excluding carboxylic acids is 1. The number of methoxy groups -OCH3 is 1. The maximum Gasteiger partial charge on any atom is 0.308 e. The molecule has 0 atom stereocenters. The SMILES string of the molecule is CCc1ccc(OC2CCC(C(=O)OC)CC2)cc1. The van der Waals surface area contributed by atoms with Gasteiger partial charge >= 0.3 is 5.97 Å². The zero-order chi connectivity index (χ0) is 13.7. The molecular formula is C16H22O3. The highest BCUT2D eigenvalue weighted by molar-refractivity contribution is 5.72. The molecule has 1 aromatic carbocycles. The van der Waals surface area contributed by atoms with Crippen molar-refractivity contribution >= 4 is 5.97 Å². The first-order valence-electron chi connectivity index (χ1n) is 7.06. The van der Waals surface area contributed by atoms with Crippen LogP contribution in [0.4, 0.5) is 0 Å². The van der Waals surface area contributed by atoms with Crippen LogP contribution in [0.3, 0.4) is 0 Å². The van der Waals surface area contributed by atoms with E-state index in [2.05, 4.69) is 19.1 Å². The second-order valence-electron chi connectivity index (χ2n) is 5.11. The van der Waals surface area contributed by atoms with Gasteiger partial charge in [-0.2, -0.15) is 0 Å². The number of benzene rings is 1. The lowest BCUT2D eigenvalue weighted by molar-refractivity contribution is -0.147. The number of ether oxygens (including phenoxy) is 2. The summed E-state index contributed by atoms with van der Waals surface area (Å²) in [6.45, 7) is 2.14. The maximum atomic E-state index is 11.4. The molecule has 0 aromatic heterocycles. The highest BCUT2D eigenvalue weighted by Gasteiger charge is 2.27. The smallest absolute Gasteiger partial charge is 0.308 e. The third-order valence-corrected chi connectivity index (χ3v) is 3.84. The normalized spacial score (nSPS) is 22.8. The molecule has 0 aliphatic heterocycles. The Morgan fingerprint density at radius 2 is 1.79 bits per heavy atom. The lowest BCUT2D eigenvalue weighted by atomic mass is 9.87. The molecule has 1 saturated carbocycles. The van der Waals surface area contributed by atoms with Gasteiger partial charge in [0, 0.05) is 0 Å². The van der Waals surface area contributed by atoms with E-state index in [1.165, 1.54) is 12.7 Å². The second kappa shape index (κ2) is 6.60. The molecule has 0 N–H and O–H groups in total. The minimum atomic E-state index is -0.0780. The zero-order valence-electron chi connectivity index (χ0n) is 11.7. The number of hydrogen-bond acceptors (Lipinski definition) is 3. The molecule has 104 valence electrons. The monoisotopic (exact) mass is 262 g/mol. The Morgan fingerprint density at radius 3 is 2.32 bits per heavy atom. The quantitative estimate of drug-likeness (QED) is 0.780. The summed E-state index contributed by atoms with van der Waals surface area (Å²) < 4.78 is 10.8. The van der Waals surface area contributed by atoms with Crippen molar-refractivity contribution in [3.8, 4) is 5.75 Å². The van der Waals surface area contributed by atoms with Crippen molar-refractivity contribution in [1.29, 1.82) is 0 Å². The first-order valence-corrected chi connectivity index (χ1v) is 7.06. The average molecular weight is 262 g/mol. The van der Waals surface area contributed by atoms with Crippen LogP contribution in [0.25, 0.3) is 0 Å². The molecule has 1 aliphatic carbocycles. The summed E-state index contributed by atoms with van der Waals surface area (Å²) in [4.78, 5) is 11.4. The lowest BCUT2D eigenvalue weighted by Gasteiger charge is -2.27. The van der Waals surface area contributed by atoms with Gasteiger partial charge in [-0.05, 0) is 49.8 Å². The van der Waals surface area contributed by atoms with E-state index in [9.17, 15) is 4.79 Å². The minimum Gasteiger partial charge on any atom is -0.490 e. The van der Waals surface area contributed by atoms with Crippen molar-refractivity contribution in [3.63, 3.8) is 0 Å². The van der Waals surface area contributed by atoms with E-state index >= 15 is 0 Å². The van der Waals surface area contributed by atoms with Crippen molar-refractivity contribution in [3.05, 3.63) is 29.8 Å². The molecule has 3 nitrogen and oxygen atoms in total. The summed E-state index contributed by atoms with van der Waals surface area (Å²) in [5, 5.41) is 0. The molecule has 0 radical (unpaired) electrons. The fraction of sp³-hybridized carbons (Fsp3) is 0.562. The Labute approximate surface area is 114 Å². The highest BCUT2D eigenvalue weighted by Crippen LogP contribution is 2.28. The molecule has 1 aromatic rings. The molecule has 0 saturated heterocycles. The third-order valence-electron chi connectivity index (χ3n) is 3.84. The van der Waals surface area contributed by atoms with Crippen LogP contribution in [0, 0.1) is 5.92 Å². The van der Waals surface area contributed by atoms with E-state index in [4.69, 9.17) is 9.47 Å². The van der Waals surface area contributed by atoms with Gasteiger partial charge in [0.05, 0.1) is 19.1 Å². The largest absolute Gasteiger partial charge is 0.490 e. The van der Waals surface area contributed by atoms with Crippen molar-refractivity contribution in [2.75, 3.05) is 7.11 Å². The molecule has 1 aliphatic rings.